The summed E-state index contributed by atoms with van der Waals surface area (Å²) in [5.41, 5.74) is 0.946. The zero-order valence-electron chi connectivity index (χ0n) is 9.01. The Morgan fingerprint density at radius 1 is 0.882 bits per heavy atom. The lowest BCUT2D eigenvalue weighted by Gasteiger charge is -2.05. The van der Waals surface area contributed by atoms with Crippen LogP contribution in [0.25, 0.3) is 0 Å². The van der Waals surface area contributed by atoms with Crippen LogP contribution in [0.2, 0.25) is 0 Å². The molecule has 2 rings (SSSR count). The molecule has 0 amide bonds. The Labute approximate surface area is 109 Å². The molecule has 0 N–H and O–H groups in total. The van der Waals surface area contributed by atoms with Crippen molar-refractivity contribution in [2.45, 2.75) is 15.1 Å². The minimum Gasteiger partial charge on any atom is -0.219 e. The third-order valence-electron chi connectivity index (χ3n) is 2.42. The van der Waals surface area contributed by atoms with E-state index in [2.05, 4.69) is 15.9 Å². The molecule has 0 radical (unpaired) electrons. The van der Waals surface area contributed by atoms with Crippen LogP contribution in [0.5, 0.6) is 0 Å². The first-order valence-corrected chi connectivity index (χ1v) is 7.70. The van der Waals surface area contributed by atoms with Crippen LogP contribution in [0.1, 0.15) is 5.56 Å². The Morgan fingerprint density at radius 2 is 1.53 bits per heavy atom. The molecule has 88 valence electrons. The van der Waals surface area contributed by atoms with Gasteiger partial charge in [-0.2, -0.15) is 0 Å². The van der Waals surface area contributed by atoms with Gasteiger partial charge >= 0.3 is 0 Å². The van der Waals surface area contributed by atoms with Crippen LogP contribution >= 0.6 is 15.9 Å². The van der Waals surface area contributed by atoms with Crippen molar-refractivity contribution in [3.8, 4) is 0 Å². The highest BCUT2D eigenvalue weighted by atomic mass is 79.9. The van der Waals surface area contributed by atoms with Crippen molar-refractivity contribution in [2.75, 3.05) is 0 Å². The second-order valence-electron chi connectivity index (χ2n) is 3.60. The first-order chi connectivity index (χ1) is 8.14. The number of alkyl halides is 1. The smallest absolute Gasteiger partial charge is 0.206 e. The van der Waals surface area contributed by atoms with Gasteiger partial charge in [0.1, 0.15) is 0 Å². The molecule has 0 heterocycles. The lowest BCUT2D eigenvalue weighted by atomic mass is 10.2. The van der Waals surface area contributed by atoms with Gasteiger partial charge in [0.25, 0.3) is 0 Å². The molecule has 0 unspecified atom stereocenters. The van der Waals surface area contributed by atoms with Gasteiger partial charge in [-0.3, -0.25) is 0 Å². The van der Waals surface area contributed by atoms with Gasteiger partial charge in [0, 0.05) is 5.33 Å². The fourth-order valence-electron chi connectivity index (χ4n) is 1.53. The molecule has 0 atom stereocenters. The molecule has 0 spiro atoms. The van der Waals surface area contributed by atoms with E-state index in [9.17, 15) is 8.42 Å². The first-order valence-electron chi connectivity index (χ1n) is 5.09. The van der Waals surface area contributed by atoms with Crippen molar-refractivity contribution < 1.29 is 8.42 Å². The van der Waals surface area contributed by atoms with E-state index in [-0.39, 0.29) is 0 Å². The Morgan fingerprint density at radius 3 is 2.18 bits per heavy atom. The van der Waals surface area contributed by atoms with E-state index in [0.717, 1.165) is 5.56 Å². The van der Waals surface area contributed by atoms with Gasteiger partial charge < -0.3 is 0 Å². The van der Waals surface area contributed by atoms with Gasteiger partial charge in [0.15, 0.2) is 0 Å². The molecular formula is C13H11BrO2S. The van der Waals surface area contributed by atoms with Crippen molar-refractivity contribution >= 4 is 25.8 Å². The Hall–Kier alpha value is -1.13. The zero-order chi connectivity index (χ0) is 12.3. The fourth-order valence-corrected chi connectivity index (χ4v) is 3.23. The minimum absolute atomic E-state index is 0.326. The second kappa shape index (κ2) is 5.02. The number of rotatable bonds is 3. The van der Waals surface area contributed by atoms with Crippen LogP contribution in [0, 0.1) is 0 Å². The number of hydrogen-bond donors (Lipinski definition) is 0. The molecule has 17 heavy (non-hydrogen) atoms. The van der Waals surface area contributed by atoms with Gasteiger partial charge in [0.05, 0.1) is 9.79 Å². The van der Waals surface area contributed by atoms with Crippen LogP contribution in [0.4, 0.5) is 0 Å². The monoisotopic (exact) mass is 310 g/mol. The number of sulfone groups is 1. The molecule has 2 nitrogen and oxygen atoms in total. The largest absolute Gasteiger partial charge is 0.219 e. The van der Waals surface area contributed by atoms with Gasteiger partial charge in [-0.15, -0.1) is 0 Å². The summed E-state index contributed by atoms with van der Waals surface area (Å²) >= 11 is 3.32. The maximum atomic E-state index is 12.3. The molecule has 4 heteroatoms. The molecule has 2 aromatic carbocycles. The Kier molecular flexibility index (Phi) is 3.64. The summed E-state index contributed by atoms with van der Waals surface area (Å²) in [6.07, 6.45) is 0. The molecule has 0 saturated carbocycles. The van der Waals surface area contributed by atoms with E-state index in [1.807, 2.05) is 6.07 Å². The fraction of sp³-hybridized carbons (Fsp3) is 0.0769. The second-order valence-corrected chi connectivity index (χ2v) is 6.11. The first kappa shape index (κ1) is 12.3. The molecule has 0 aliphatic carbocycles. The average Bonchev–Trinajstić information content (AvgIpc) is 2.40. The molecule has 0 fully saturated rings. The maximum absolute atomic E-state index is 12.3. The van der Waals surface area contributed by atoms with E-state index >= 15 is 0 Å². The van der Waals surface area contributed by atoms with Crippen molar-refractivity contribution in [2.24, 2.45) is 0 Å². The van der Waals surface area contributed by atoms with Crippen molar-refractivity contribution in [3.05, 3.63) is 60.2 Å². The zero-order valence-corrected chi connectivity index (χ0v) is 11.4. The van der Waals surface area contributed by atoms with E-state index in [4.69, 9.17) is 0 Å². The van der Waals surface area contributed by atoms with Gasteiger partial charge in [0.2, 0.25) is 9.84 Å². The number of halogens is 1. The predicted octanol–water partition coefficient (Wildman–Crippen LogP) is 3.41. The van der Waals surface area contributed by atoms with Crippen LogP contribution in [-0.2, 0) is 15.2 Å². The molecule has 0 aliphatic rings. The summed E-state index contributed by atoms with van der Waals surface area (Å²) < 4.78 is 24.6. The standard InChI is InChI=1S/C13H11BrO2S/c14-10-11-5-4-8-13(9-11)17(15,16)12-6-2-1-3-7-12/h1-9H,10H2. The van der Waals surface area contributed by atoms with E-state index in [1.165, 1.54) is 0 Å². The topological polar surface area (TPSA) is 34.1 Å². The number of hydrogen-bond acceptors (Lipinski definition) is 2. The molecule has 2 aromatic rings. The summed E-state index contributed by atoms with van der Waals surface area (Å²) in [6, 6.07) is 15.4. The third-order valence-corrected chi connectivity index (χ3v) is 4.83. The highest BCUT2D eigenvalue weighted by molar-refractivity contribution is 9.08. The summed E-state index contributed by atoms with van der Waals surface area (Å²) in [5, 5.41) is 0.644. The van der Waals surface area contributed by atoms with Gasteiger partial charge in [-0.25, -0.2) is 8.42 Å². The van der Waals surface area contributed by atoms with Crippen LogP contribution in [0.15, 0.2) is 64.4 Å². The minimum atomic E-state index is -3.39. The lowest BCUT2D eigenvalue weighted by molar-refractivity contribution is 0.596. The van der Waals surface area contributed by atoms with E-state index in [0.29, 0.717) is 15.1 Å². The SMILES string of the molecule is O=S(=O)(c1ccccc1)c1cccc(CBr)c1. The number of benzene rings is 2. The lowest BCUT2D eigenvalue weighted by Crippen LogP contribution is -2.02. The molecule has 0 saturated heterocycles. The van der Waals surface area contributed by atoms with Crippen molar-refractivity contribution in [1.29, 1.82) is 0 Å². The Bertz CT molecular complexity index is 606. The van der Waals surface area contributed by atoms with Crippen molar-refractivity contribution in [3.63, 3.8) is 0 Å². The van der Waals surface area contributed by atoms with E-state index in [1.54, 1.807) is 48.5 Å². The summed E-state index contributed by atoms with van der Waals surface area (Å²) in [5.74, 6) is 0. The quantitative estimate of drug-likeness (QED) is 0.814. The van der Waals surface area contributed by atoms with Gasteiger partial charge in [-0.1, -0.05) is 46.3 Å². The summed E-state index contributed by atoms with van der Waals surface area (Å²) in [4.78, 5) is 0.660. The molecular weight excluding hydrogens is 300 g/mol. The highest BCUT2D eigenvalue weighted by Crippen LogP contribution is 2.21. The van der Waals surface area contributed by atoms with E-state index < -0.39 is 9.84 Å². The third kappa shape index (κ3) is 2.58. The molecule has 0 bridgehead atoms. The van der Waals surface area contributed by atoms with Crippen LogP contribution < -0.4 is 0 Å². The van der Waals surface area contributed by atoms with Crippen LogP contribution in [-0.4, -0.2) is 8.42 Å². The van der Waals surface area contributed by atoms with Crippen molar-refractivity contribution in [1.82, 2.24) is 0 Å². The van der Waals surface area contributed by atoms with Gasteiger partial charge in [-0.05, 0) is 29.8 Å². The molecule has 0 aliphatic heterocycles. The summed E-state index contributed by atoms with van der Waals surface area (Å²) in [7, 11) is -3.39. The predicted molar refractivity (Wildman–Crippen MR) is 71.0 cm³/mol. The van der Waals surface area contributed by atoms with Crippen LogP contribution in [0.3, 0.4) is 0 Å². The average molecular weight is 311 g/mol. The molecule has 0 aromatic heterocycles. The highest BCUT2D eigenvalue weighted by Gasteiger charge is 2.16. The maximum Gasteiger partial charge on any atom is 0.206 e. The Balaban J connectivity index is 2.52. The summed E-state index contributed by atoms with van der Waals surface area (Å²) in [6.45, 7) is 0. The normalized spacial score (nSPS) is 11.4.